The molecule has 0 aromatic heterocycles. The van der Waals surface area contributed by atoms with Gasteiger partial charge in [-0.1, -0.05) is 31.9 Å². The van der Waals surface area contributed by atoms with Gasteiger partial charge >= 0.3 is 0 Å². The third kappa shape index (κ3) is 0.901. The average Bonchev–Trinajstić information content (AvgIpc) is 2.38. The van der Waals surface area contributed by atoms with Crippen LogP contribution in [0.2, 0.25) is 0 Å². The van der Waals surface area contributed by atoms with Crippen LogP contribution in [-0.4, -0.2) is 15.9 Å². The standard InChI is InChI=1S/C7H10Br2O/c1-4-6-5(2-3-10-4)7(6,8)9/h4-6H,2-3H2,1H3/t4-,5-,6+/m1/s1. The van der Waals surface area contributed by atoms with Crippen molar-refractivity contribution in [2.24, 2.45) is 11.8 Å². The summed E-state index contributed by atoms with van der Waals surface area (Å²) in [4.78, 5) is 0. The first-order chi connectivity index (χ1) is 4.64. The Bertz CT molecular complexity index is 158. The lowest BCUT2D eigenvalue weighted by atomic mass is 10.1. The molecule has 1 aliphatic heterocycles. The van der Waals surface area contributed by atoms with Gasteiger partial charge in [0.15, 0.2) is 0 Å². The second-order valence-corrected chi connectivity index (χ2v) is 6.86. The normalized spacial score (nSPS) is 50.1. The van der Waals surface area contributed by atoms with E-state index in [0.29, 0.717) is 12.0 Å². The lowest BCUT2D eigenvalue weighted by Gasteiger charge is -2.16. The zero-order valence-corrected chi connectivity index (χ0v) is 8.98. The smallest absolute Gasteiger partial charge is 0.0894 e. The molecule has 0 radical (unpaired) electrons. The highest BCUT2D eigenvalue weighted by Gasteiger charge is 2.65. The highest BCUT2D eigenvalue weighted by Crippen LogP contribution is 2.66. The average molecular weight is 270 g/mol. The van der Waals surface area contributed by atoms with Gasteiger partial charge < -0.3 is 4.74 Å². The molecule has 0 aromatic rings. The minimum absolute atomic E-state index is 0.218. The van der Waals surface area contributed by atoms with Crippen molar-refractivity contribution in [3.63, 3.8) is 0 Å². The molecule has 0 N–H and O–H groups in total. The first kappa shape index (κ1) is 7.56. The van der Waals surface area contributed by atoms with E-state index in [0.717, 1.165) is 12.5 Å². The maximum absolute atomic E-state index is 5.51. The van der Waals surface area contributed by atoms with Gasteiger partial charge in [0.1, 0.15) is 0 Å². The molecule has 3 atom stereocenters. The minimum Gasteiger partial charge on any atom is -0.378 e. The van der Waals surface area contributed by atoms with Gasteiger partial charge in [-0.15, -0.1) is 0 Å². The number of hydrogen-bond acceptors (Lipinski definition) is 1. The Morgan fingerprint density at radius 1 is 1.50 bits per heavy atom. The minimum atomic E-state index is 0.218. The molecule has 0 unspecified atom stereocenters. The van der Waals surface area contributed by atoms with Crippen molar-refractivity contribution in [1.82, 2.24) is 0 Å². The molecule has 0 spiro atoms. The first-order valence-electron chi connectivity index (χ1n) is 3.63. The fourth-order valence-corrected chi connectivity index (χ4v) is 4.06. The fourth-order valence-electron chi connectivity index (χ4n) is 1.91. The summed E-state index contributed by atoms with van der Waals surface area (Å²) < 4.78 is 5.73. The monoisotopic (exact) mass is 268 g/mol. The van der Waals surface area contributed by atoms with Gasteiger partial charge in [0.2, 0.25) is 0 Å². The van der Waals surface area contributed by atoms with Crippen molar-refractivity contribution in [2.45, 2.75) is 22.7 Å². The van der Waals surface area contributed by atoms with Crippen LogP contribution in [0.3, 0.4) is 0 Å². The Hall–Kier alpha value is 0.920. The summed E-state index contributed by atoms with van der Waals surface area (Å²) in [6, 6.07) is 0. The largest absolute Gasteiger partial charge is 0.378 e. The van der Waals surface area contributed by atoms with Crippen LogP contribution < -0.4 is 0 Å². The second-order valence-electron chi connectivity index (χ2n) is 3.17. The first-order valence-corrected chi connectivity index (χ1v) is 5.22. The fraction of sp³-hybridized carbons (Fsp3) is 1.00. The third-order valence-corrected chi connectivity index (χ3v) is 4.81. The third-order valence-electron chi connectivity index (χ3n) is 2.58. The molecule has 3 heteroatoms. The van der Waals surface area contributed by atoms with E-state index in [1.54, 1.807) is 0 Å². The molecule has 0 bridgehead atoms. The van der Waals surface area contributed by atoms with Gasteiger partial charge in [0.25, 0.3) is 0 Å². The number of rotatable bonds is 0. The molecule has 2 fully saturated rings. The molecule has 1 saturated heterocycles. The Morgan fingerprint density at radius 2 is 2.20 bits per heavy atom. The Labute approximate surface area is 77.8 Å². The summed E-state index contributed by atoms with van der Waals surface area (Å²) >= 11 is 7.31. The topological polar surface area (TPSA) is 9.23 Å². The van der Waals surface area contributed by atoms with E-state index < -0.39 is 0 Å². The quantitative estimate of drug-likeness (QED) is 0.614. The highest BCUT2D eigenvalue weighted by atomic mass is 79.9. The lowest BCUT2D eigenvalue weighted by molar-refractivity contribution is 0.0195. The number of halogens is 2. The van der Waals surface area contributed by atoms with E-state index in [9.17, 15) is 0 Å². The van der Waals surface area contributed by atoms with Crippen molar-refractivity contribution < 1.29 is 4.74 Å². The van der Waals surface area contributed by atoms with E-state index in [-0.39, 0.29) is 3.23 Å². The van der Waals surface area contributed by atoms with Crippen LogP contribution in [-0.2, 0) is 4.74 Å². The van der Waals surface area contributed by atoms with Crippen LogP contribution in [0.15, 0.2) is 0 Å². The molecule has 1 nitrogen and oxygen atoms in total. The van der Waals surface area contributed by atoms with Gasteiger partial charge in [-0.2, -0.15) is 0 Å². The summed E-state index contributed by atoms with van der Waals surface area (Å²) in [5, 5.41) is 0. The Kier molecular flexibility index (Phi) is 1.67. The molecule has 2 rings (SSSR count). The Morgan fingerprint density at radius 3 is 2.70 bits per heavy atom. The molecule has 1 aliphatic carbocycles. The van der Waals surface area contributed by atoms with Gasteiger partial charge in [-0.3, -0.25) is 0 Å². The number of ether oxygens (including phenoxy) is 1. The van der Waals surface area contributed by atoms with Crippen LogP contribution in [0.25, 0.3) is 0 Å². The predicted molar refractivity (Wildman–Crippen MR) is 47.6 cm³/mol. The summed E-state index contributed by atoms with van der Waals surface area (Å²) in [5.74, 6) is 1.50. The Balaban J connectivity index is 2.11. The van der Waals surface area contributed by atoms with Crippen molar-refractivity contribution >= 4 is 31.9 Å². The molecule has 0 amide bonds. The molecule has 2 aliphatic rings. The SMILES string of the molecule is C[C@H]1OCC[C@@H]2[C@H]1C2(Br)Br. The van der Waals surface area contributed by atoms with Crippen molar-refractivity contribution in [3.05, 3.63) is 0 Å². The van der Waals surface area contributed by atoms with Crippen LogP contribution in [0.4, 0.5) is 0 Å². The van der Waals surface area contributed by atoms with Crippen LogP contribution in [0, 0.1) is 11.8 Å². The van der Waals surface area contributed by atoms with E-state index in [1.807, 2.05) is 0 Å². The summed E-state index contributed by atoms with van der Waals surface area (Å²) in [6.45, 7) is 3.09. The highest BCUT2D eigenvalue weighted by molar-refractivity contribution is 9.25. The summed E-state index contributed by atoms with van der Waals surface area (Å²) in [7, 11) is 0. The van der Waals surface area contributed by atoms with E-state index in [1.165, 1.54) is 6.42 Å². The van der Waals surface area contributed by atoms with E-state index in [2.05, 4.69) is 38.8 Å². The molecule has 1 saturated carbocycles. The molecule has 0 aromatic carbocycles. The molecular formula is C7H10Br2O. The van der Waals surface area contributed by atoms with Crippen molar-refractivity contribution in [3.8, 4) is 0 Å². The van der Waals surface area contributed by atoms with Crippen LogP contribution in [0.5, 0.6) is 0 Å². The maximum atomic E-state index is 5.51. The predicted octanol–water partition coefficient (Wildman–Crippen LogP) is 2.53. The molecular weight excluding hydrogens is 260 g/mol. The van der Waals surface area contributed by atoms with Crippen molar-refractivity contribution in [1.29, 1.82) is 0 Å². The number of fused-ring (bicyclic) bond motifs is 1. The van der Waals surface area contributed by atoms with Gasteiger partial charge in [0, 0.05) is 12.5 Å². The van der Waals surface area contributed by atoms with E-state index >= 15 is 0 Å². The molecule has 58 valence electrons. The lowest BCUT2D eigenvalue weighted by Crippen LogP contribution is -2.18. The second kappa shape index (κ2) is 2.20. The van der Waals surface area contributed by atoms with Crippen LogP contribution >= 0.6 is 31.9 Å². The van der Waals surface area contributed by atoms with Crippen LogP contribution in [0.1, 0.15) is 13.3 Å². The zero-order valence-electron chi connectivity index (χ0n) is 5.81. The van der Waals surface area contributed by atoms with Gasteiger partial charge in [-0.25, -0.2) is 0 Å². The maximum Gasteiger partial charge on any atom is 0.0894 e. The van der Waals surface area contributed by atoms with Gasteiger partial charge in [-0.05, 0) is 19.3 Å². The number of alkyl halides is 2. The summed E-state index contributed by atoms with van der Waals surface area (Å²) in [5.41, 5.74) is 0. The van der Waals surface area contributed by atoms with Crippen molar-refractivity contribution in [2.75, 3.05) is 6.61 Å². The van der Waals surface area contributed by atoms with E-state index in [4.69, 9.17) is 4.74 Å². The number of hydrogen-bond donors (Lipinski definition) is 0. The van der Waals surface area contributed by atoms with Gasteiger partial charge in [0.05, 0.1) is 9.34 Å². The molecule has 1 heterocycles. The summed E-state index contributed by atoms with van der Waals surface area (Å²) in [6.07, 6.45) is 1.63. The zero-order chi connectivity index (χ0) is 7.35. The molecule has 10 heavy (non-hydrogen) atoms.